The van der Waals surface area contributed by atoms with Crippen LogP contribution >= 0.6 is 0 Å². The number of hydrogen-bond acceptors (Lipinski definition) is 4. The van der Waals surface area contributed by atoms with Gasteiger partial charge in [0.25, 0.3) is 0 Å². The summed E-state index contributed by atoms with van der Waals surface area (Å²) in [5.41, 5.74) is 0. The van der Waals surface area contributed by atoms with Crippen LogP contribution in [0.2, 0.25) is 0 Å². The summed E-state index contributed by atoms with van der Waals surface area (Å²) in [5.74, 6) is 0. The van der Waals surface area contributed by atoms with Crippen molar-refractivity contribution in [1.82, 2.24) is 0 Å². The van der Waals surface area contributed by atoms with Crippen molar-refractivity contribution in [3.63, 3.8) is 0 Å². The third kappa shape index (κ3) is 68.2. The Balaban J connectivity index is 0. The third-order valence-corrected chi connectivity index (χ3v) is 0. The summed E-state index contributed by atoms with van der Waals surface area (Å²) in [6.45, 7) is 0. The minimum absolute atomic E-state index is 2.27. The fourth-order valence-electron chi connectivity index (χ4n) is 0. The Hall–Kier alpha value is 1.14. The Morgan fingerprint density at radius 3 is 1.17 bits per heavy atom. The molecular weight excluding hydrogens is 393 g/mol. The van der Waals surface area contributed by atoms with E-state index < -0.39 is 51.1 Å². The van der Waals surface area contributed by atoms with E-state index in [1.165, 1.54) is 0 Å². The first kappa shape index (κ1) is 10.2. The van der Waals surface area contributed by atoms with E-state index in [0.717, 1.165) is 0 Å². The molecule has 0 atom stereocenters. The van der Waals surface area contributed by atoms with Gasteiger partial charge in [0.15, 0.2) is 0 Å². The molecule has 0 aliphatic rings. The summed E-state index contributed by atoms with van der Waals surface area (Å²) in [6.07, 6.45) is 0. The molecule has 0 aromatic carbocycles. The molecular formula is O4UZr. The zero-order chi connectivity index (χ0) is 5.41. The van der Waals surface area contributed by atoms with Gasteiger partial charge in [-0.25, -0.2) is 0 Å². The summed E-state index contributed by atoms with van der Waals surface area (Å²) in [4.78, 5) is 0. The molecule has 0 saturated carbocycles. The fourth-order valence-corrected chi connectivity index (χ4v) is 0. The molecule has 6 heavy (non-hydrogen) atoms. The normalized spacial score (nSPS) is 2.67. The second-order valence-corrected chi connectivity index (χ2v) is 1.27. The van der Waals surface area contributed by atoms with Crippen LogP contribution < -0.4 is 0 Å². The molecule has 0 rings (SSSR count). The second-order valence-electron chi connectivity index (χ2n) is 0.167. The van der Waals surface area contributed by atoms with Crippen LogP contribution in [-0.2, 0) is 33.3 Å². The van der Waals surface area contributed by atoms with Crippen molar-refractivity contribution in [2.45, 2.75) is 0 Å². The average Bonchev–Trinajstić information content (AvgIpc) is 1.39. The minimum atomic E-state index is -2.51. The van der Waals surface area contributed by atoms with Crippen LogP contribution in [0.3, 0.4) is 0 Å². The predicted octanol–water partition coefficient (Wildman–Crippen LogP) is -0.478. The monoisotopic (exact) mass is 392 g/mol. The van der Waals surface area contributed by atoms with Gasteiger partial charge in [0.2, 0.25) is 0 Å². The van der Waals surface area contributed by atoms with E-state index in [2.05, 4.69) is 0 Å². The van der Waals surface area contributed by atoms with Crippen molar-refractivity contribution in [1.29, 1.82) is 0 Å². The molecule has 0 amide bonds. The topological polar surface area (TPSA) is 68.3 Å². The SMILES string of the molecule is [O]=[U]=[O].[O]=[Zr]=[O]. The van der Waals surface area contributed by atoms with Crippen molar-refractivity contribution in [3.05, 3.63) is 0 Å². The molecule has 32 valence electrons. The van der Waals surface area contributed by atoms with E-state index in [9.17, 15) is 0 Å². The molecule has 0 aliphatic carbocycles. The van der Waals surface area contributed by atoms with E-state index in [0.29, 0.717) is 0 Å². The summed E-state index contributed by atoms with van der Waals surface area (Å²) in [5, 5.41) is 0. The zero-order valence-corrected chi connectivity index (χ0v) is 9.25. The van der Waals surface area contributed by atoms with E-state index in [-0.39, 0.29) is 0 Å². The van der Waals surface area contributed by atoms with Crippen LogP contribution in [-0.4, -0.2) is 0 Å². The first-order valence-corrected chi connectivity index (χ1v) is 6.22. The van der Waals surface area contributed by atoms with Crippen LogP contribution in [0.1, 0.15) is 0 Å². The molecule has 0 aliphatic heterocycles. The van der Waals surface area contributed by atoms with E-state index in [4.69, 9.17) is 10.1 Å². The van der Waals surface area contributed by atoms with E-state index >= 15 is 0 Å². The van der Waals surface area contributed by atoms with Crippen molar-refractivity contribution in [3.8, 4) is 0 Å². The predicted molar refractivity (Wildman–Crippen MR) is 2.75 cm³/mol. The zero-order valence-electron chi connectivity index (χ0n) is 2.63. The van der Waals surface area contributed by atoms with Crippen molar-refractivity contribution in [2.24, 2.45) is 0 Å². The summed E-state index contributed by atoms with van der Waals surface area (Å²) < 4.78 is 34.3. The van der Waals surface area contributed by atoms with Crippen LogP contribution in [0.5, 0.6) is 0 Å². The Bertz CT molecular complexity index is 61.5. The molecule has 0 N–H and O–H groups in total. The number of rotatable bonds is 0. The molecule has 4 nitrogen and oxygen atoms in total. The fraction of sp³-hybridized carbons (Fsp3) is 0. The van der Waals surface area contributed by atoms with E-state index in [1.807, 2.05) is 0 Å². The molecule has 0 fully saturated rings. The van der Waals surface area contributed by atoms with Gasteiger partial charge in [0.1, 0.15) is 0 Å². The molecule has 0 radical (unpaired) electrons. The van der Waals surface area contributed by atoms with Crippen molar-refractivity contribution >= 4 is 0 Å². The Morgan fingerprint density at radius 1 is 1.17 bits per heavy atom. The molecule has 0 spiro atoms. The molecule has 0 aromatic rings. The van der Waals surface area contributed by atoms with Gasteiger partial charge in [-0.05, 0) is 0 Å². The van der Waals surface area contributed by atoms with Gasteiger partial charge in [0, 0.05) is 0 Å². The van der Waals surface area contributed by atoms with Crippen molar-refractivity contribution in [2.75, 3.05) is 0 Å². The Morgan fingerprint density at radius 2 is 1.17 bits per heavy atom. The molecule has 0 heterocycles. The van der Waals surface area contributed by atoms with Gasteiger partial charge < -0.3 is 0 Å². The van der Waals surface area contributed by atoms with Crippen molar-refractivity contribution < 1.29 is 61.2 Å². The van der Waals surface area contributed by atoms with Crippen LogP contribution in [0.15, 0.2) is 0 Å². The quantitative estimate of drug-likeness (QED) is 0.558. The van der Waals surface area contributed by atoms with Crippen LogP contribution in [0.25, 0.3) is 0 Å². The van der Waals surface area contributed by atoms with Gasteiger partial charge in [-0.3, -0.25) is 0 Å². The second kappa shape index (κ2) is 16.5. The summed E-state index contributed by atoms with van der Waals surface area (Å²) in [6, 6.07) is 0. The van der Waals surface area contributed by atoms with Gasteiger partial charge in [-0.15, -0.1) is 0 Å². The molecule has 0 aromatic heterocycles. The van der Waals surface area contributed by atoms with E-state index in [1.54, 1.807) is 0 Å². The van der Waals surface area contributed by atoms with Crippen LogP contribution in [0.4, 0.5) is 0 Å². The molecule has 0 saturated heterocycles. The maximum absolute atomic E-state index is 8.58. The summed E-state index contributed by atoms with van der Waals surface area (Å²) in [7, 11) is 0. The van der Waals surface area contributed by atoms with Crippen LogP contribution in [0, 0.1) is 27.8 Å². The first-order valence-electron chi connectivity index (χ1n) is 0.816. The summed E-state index contributed by atoms with van der Waals surface area (Å²) >= 11 is -4.78. The molecule has 6 heteroatoms. The average molecular weight is 393 g/mol. The van der Waals surface area contributed by atoms with Gasteiger partial charge in [-0.2, -0.15) is 0 Å². The third-order valence-electron chi connectivity index (χ3n) is 0. The number of hydrogen-bond donors (Lipinski definition) is 0. The van der Waals surface area contributed by atoms with Gasteiger partial charge in [-0.1, -0.05) is 0 Å². The standard InChI is InChI=1S/4O.U.Zr. The Kier molecular flexibility index (Phi) is 27.9. The first-order chi connectivity index (χ1) is 2.83. The molecule has 0 bridgehead atoms. The molecule has 0 unspecified atom stereocenters. The van der Waals surface area contributed by atoms with Gasteiger partial charge in [0.05, 0.1) is 0 Å². The maximum atomic E-state index is 8.58. The Labute approximate surface area is 60.4 Å². The van der Waals surface area contributed by atoms with Gasteiger partial charge >= 0.3 is 61.2 Å².